The Kier molecular flexibility index (Phi) is 8.08. The van der Waals surface area contributed by atoms with Gasteiger partial charge in [-0.3, -0.25) is 15.0 Å². The number of amides is 2. The quantitative estimate of drug-likeness (QED) is 0.142. The summed E-state index contributed by atoms with van der Waals surface area (Å²) in [5, 5.41) is 12.6. The van der Waals surface area contributed by atoms with Crippen molar-refractivity contribution in [3.63, 3.8) is 0 Å². The van der Waals surface area contributed by atoms with Gasteiger partial charge in [-0.25, -0.2) is 28.5 Å². The Morgan fingerprint density at radius 1 is 0.857 bits per heavy atom. The van der Waals surface area contributed by atoms with Crippen molar-refractivity contribution in [2.45, 2.75) is 36.5 Å². The first-order valence-corrected chi connectivity index (χ1v) is 18.1. The first kappa shape index (κ1) is 35.6. The van der Waals surface area contributed by atoms with E-state index in [1.807, 2.05) is 0 Å². The van der Waals surface area contributed by atoms with Crippen molar-refractivity contribution in [2.24, 2.45) is 5.92 Å². The van der Waals surface area contributed by atoms with E-state index in [1.54, 1.807) is 91.0 Å². The highest BCUT2D eigenvalue weighted by Gasteiger charge is 2.69. The topological polar surface area (TPSA) is 131 Å². The molecule has 16 heteroatoms. The van der Waals surface area contributed by atoms with Gasteiger partial charge in [0.05, 0.1) is 40.2 Å². The van der Waals surface area contributed by atoms with Crippen LogP contribution >= 0.6 is 23.2 Å². The first-order chi connectivity index (χ1) is 26.8. The summed E-state index contributed by atoms with van der Waals surface area (Å²) in [6.07, 6.45) is -2.57. The van der Waals surface area contributed by atoms with Crippen molar-refractivity contribution < 1.29 is 27.9 Å². The van der Waals surface area contributed by atoms with Gasteiger partial charge in [0.1, 0.15) is 5.75 Å². The number of hydrazine groups is 1. The van der Waals surface area contributed by atoms with Gasteiger partial charge >= 0.3 is 17.6 Å². The molecule has 2 aliphatic heterocycles. The number of benzene rings is 4. The third-order valence-electron chi connectivity index (χ3n) is 11.1. The van der Waals surface area contributed by atoms with Gasteiger partial charge in [-0.2, -0.15) is 18.2 Å². The van der Waals surface area contributed by atoms with E-state index >= 15 is 4.79 Å². The second-order valence-electron chi connectivity index (χ2n) is 13.8. The zero-order valence-corrected chi connectivity index (χ0v) is 30.3. The summed E-state index contributed by atoms with van der Waals surface area (Å²) < 4.78 is 44.3. The number of phenols is 1. The van der Waals surface area contributed by atoms with Crippen LogP contribution in [-0.2, 0) is 27.7 Å². The number of halogens is 5. The van der Waals surface area contributed by atoms with Crippen LogP contribution in [0, 0.1) is 5.92 Å². The van der Waals surface area contributed by atoms with E-state index in [1.165, 1.54) is 15.4 Å². The molecule has 0 spiro atoms. The van der Waals surface area contributed by atoms with Gasteiger partial charge in [0.15, 0.2) is 5.82 Å². The summed E-state index contributed by atoms with van der Waals surface area (Å²) >= 11 is 12.6. The summed E-state index contributed by atoms with van der Waals surface area (Å²) in [5.74, 6) is -4.22. The van der Waals surface area contributed by atoms with Gasteiger partial charge in [-0.1, -0.05) is 89.9 Å². The predicted octanol–water partition coefficient (Wildman–Crippen LogP) is 7.00. The van der Waals surface area contributed by atoms with Crippen molar-refractivity contribution in [1.82, 2.24) is 23.9 Å². The lowest BCUT2D eigenvalue weighted by Crippen LogP contribution is -2.53. The number of para-hydroxylation sites is 1. The number of hydrogen-bond donors (Lipinski definition) is 2. The number of aromatic nitrogens is 4. The molecule has 2 fully saturated rings. The van der Waals surface area contributed by atoms with Crippen LogP contribution in [0.2, 0.25) is 10.0 Å². The number of fused-ring (bicyclic) bond motifs is 5. The molecule has 1 saturated heterocycles. The van der Waals surface area contributed by atoms with Gasteiger partial charge in [0.25, 0.3) is 11.8 Å². The van der Waals surface area contributed by atoms with Crippen molar-refractivity contribution in [3.05, 3.63) is 163 Å². The number of carbonyl (C=O) groups excluding carboxylic acids is 2. The van der Waals surface area contributed by atoms with E-state index in [0.717, 1.165) is 9.58 Å². The number of nitrogens with zero attached hydrogens (tertiary/aromatic N) is 5. The summed E-state index contributed by atoms with van der Waals surface area (Å²) in [4.78, 5) is 62.6. The third-order valence-corrected chi connectivity index (χ3v) is 11.6. The summed E-state index contributed by atoms with van der Waals surface area (Å²) in [7, 11) is 0. The molecule has 2 amide bonds. The molecule has 1 saturated carbocycles. The average molecular weight is 800 g/mol. The molecule has 11 nitrogen and oxygen atoms in total. The maximum atomic E-state index is 15.5. The molecule has 9 rings (SSSR count). The second kappa shape index (κ2) is 12.7. The standard InChI is InChI=1S/C40H27Cl2F3N6O5/c41-23-12-10-21(11-13-23)39-29(35(53)50(36(39)54)47-34-30(42)18-22(20-46-34)40(43,44)45)19-31-28(33(39)27-14-15-32(52)26-9-5-4-8-25(26)27)16-17-48-37(55)49(38(56)51(31)48)24-6-2-1-3-7-24/h1-16,18,20,29,31,33,52H,17,19H2,(H,46,47). The lowest BCUT2D eigenvalue weighted by Gasteiger charge is -2.49. The van der Waals surface area contributed by atoms with Gasteiger partial charge in [-0.05, 0) is 64.9 Å². The lowest BCUT2D eigenvalue weighted by molar-refractivity contribution is -0.139. The number of hydrogen-bond acceptors (Lipinski definition) is 7. The largest absolute Gasteiger partial charge is 0.507 e. The fraction of sp³-hybridized carbons (Fsp3) is 0.175. The van der Waals surface area contributed by atoms with Gasteiger partial charge in [0.2, 0.25) is 0 Å². The predicted molar refractivity (Wildman–Crippen MR) is 201 cm³/mol. The van der Waals surface area contributed by atoms with E-state index in [-0.39, 0.29) is 24.5 Å². The molecular formula is C40H27Cl2F3N6O5. The molecule has 3 aliphatic rings. The number of phenolic OH excluding ortho intramolecular Hbond substituents is 1. The Bertz CT molecular complexity index is 2780. The number of allylic oxidation sites excluding steroid dienone is 2. The van der Waals surface area contributed by atoms with E-state index in [4.69, 9.17) is 23.2 Å². The molecule has 2 aromatic heterocycles. The van der Waals surface area contributed by atoms with E-state index in [2.05, 4.69) is 10.4 Å². The van der Waals surface area contributed by atoms with Crippen LogP contribution in [0.25, 0.3) is 16.5 Å². The number of aromatic hydroxyl groups is 1. The second-order valence-corrected chi connectivity index (χ2v) is 14.7. The molecule has 0 radical (unpaired) electrons. The monoisotopic (exact) mass is 798 g/mol. The number of carbonyl (C=O) groups is 2. The average Bonchev–Trinajstić information content (AvgIpc) is 3.57. The van der Waals surface area contributed by atoms with Crippen LogP contribution in [0.5, 0.6) is 5.75 Å². The Morgan fingerprint density at radius 3 is 2.25 bits per heavy atom. The minimum atomic E-state index is -4.76. The summed E-state index contributed by atoms with van der Waals surface area (Å²) in [6.45, 7) is -0.0528. The highest BCUT2D eigenvalue weighted by Crippen LogP contribution is 2.62. The van der Waals surface area contributed by atoms with Crippen molar-refractivity contribution >= 4 is 51.6 Å². The summed E-state index contributed by atoms with van der Waals surface area (Å²) in [5.41, 5.74) is 0.294. The first-order valence-electron chi connectivity index (χ1n) is 17.4. The van der Waals surface area contributed by atoms with Crippen LogP contribution < -0.4 is 16.8 Å². The zero-order chi connectivity index (χ0) is 39.3. The number of rotatable bonds is 5. The number of imide groups is 1. The summed E-state index contributed by atoms with van der Waals surface area (Å²) in [6, 6.07) is 24.7. The van der Waals surface area contributed by atoms with E-state index in [9.17, 15) is 32.7 Å². The molecule has 4 unspecified atom stereocenters. The lowest BCUT2D eigenvalue weighted by atomic mass is 9.53. The third kappa shape index (κ3) is 5.08. The Balaban J connectivity index is 1.31. The van der Waals surface area contributed by atoms with Crippen molar-refractivity contribution in [3.8, 4) is 11.4 Å². The molecule has 282 valence electrons. The maximum Gasteiger partial charge on any atom is 0.417 e. The number of alkyl halides is 3. The molecule has 2 N–H and O–H groups in total. The number of nitrogens with one attached hydrogen (secondary N) is 1. The zero-order valence-electron chi connectivity index (χ0n) is 28.7. The molecule has 4 heterocycles. The highest BCUT2D eigenvalue weighted by atomic mass is 35.5. The van der Waals surface area contributed by atoms with Crippen LogP contribution in [0.15, 0.2) is 124 Å². The molecule has 4 aromatic carbocycles. The van der Waals surface area contributed by atoms with E-state index < -0.39 is 63.2 Å². The van der Waals surface area contributed by atoms with Gasteiger partial charge in [0, 0.05) is 22.5 Å². The van der Waals surface area contributed by atoms with Crippen molar-refractivity contribution in [2.75, 3.05) is 5.43 Å². The normalized spacial score (nSPS) is 21.8. The molecule has 4 atom stereocenters. The van der Waals surface area contributed by atoms with Gasteiger partial charge in [-0.15, -0.1) is 0 Å². The van der Waals surface area contributed by atoms with Crippen LogP contribution in [0.1, 0.15) is 35.1 Å². The fourth-order valence-electron chi connectivity index (χ4n) is 8.75. The van der Waals surface area contributed by atoms with Crippen LogP contribution in [0.4, 0.5) is 19.0 Å². The number of anilines is 1. The Labute approximate surface area is 324 Å². The molecule has 6 aromatic rings. The van der Waals surface area contributed by atoms with Crippen LogP contribution in [0.3, 0.4) is 0 Å². The molecule has 0 bridgehead atoms. The van der Waals surface area contributed by atoms with Crippen molar-refractivity contribution in [1.29, 1.82) is 0 Å². The minimum absolute atomic E-state index is 0.0310. The maximum absolute atomic E-state index is 15.5. The SMILES string of the molecule is O=C1C2CC3C(=CCn4c(=O)n(-c5ccccc5)c(=O)n43)C(c3ccc(O)c4ccccc34)C2(c2ccc(Cl)cc2)C(=O)N1Nc1ncc(C(F)(F)F)cc1Cl. The molecule has 1 aliphatic carbocycles. The highest BCUT2D eigenvalue weighted by molar-refractivity contribution is 6.33. The molecular weight excluding hydrogens is 772 g/mol. The molecule has 56 heavy (non-hydrogen) atoms. The van der Waals surface area contributed by atoms with E-state index in [0.29, 0.717) is 50.4 Å². The minimum Gasteiger partial charge on any atom is -0.507 e. The number of pyridine rings is 1. The van der Waals surface area contributed by atoms with Crippen LogP contribution in [-0.4, -0.2) is 40.8 Å². The smallest absolute Gasteiger partial charge is 0.417 e. The van der Waals surface area contributed by atoms with Gasteiger partial charge < -0.3 is 5.11 Å². The Morgan fingerprint density at radius 2 is 1.55 bits per heavy atom. The fourth-order valence-corrected chi connectivity index (χ4v) is 9.08. The Hall–Kier alpha value is -6.12.